The number of anilines is 1. The van der Waals surface area contributed by atoms with Crippen LogP contribution in [-0.2, 0) is 13.0 Å². The molecule has 2 aromatic rings. The first-order chi connectivity index (χ1) is 10.9. The molecule has 0 aliphatic heterocycles. The molecule has 2 amide bonds. The lowest BCUT2D eigenvalue weighted by molar-refractivity contribution is -0.127. The lowest BCUT2D eigenvalue weighted by Crippen LogP contribution is -2.28. The van der Waals surface area contributed by atoms with Crippen LogP contribution in [0.4, 0.5) is 23.1 Å². The van der Waals surface area contributed by atoms with E-state index in [4.69, 9.17) is 4.74 Å². The molecule has 7 nitrogen and oxygen atoms in total. The van der Waals surface area contributed by atoms with E-state index >= 15 is 0 Å². The van der Waals surface area contributed by atoms with Crippen LogP contribution in [0.3, 0.4) is 0 Å². The summed E-state index contributed by atoms with van der Waals surface area (Å²) in [7, 11) is 1.45. The minimum atomic E-state index is -4.37. The number of carbonyl (C=O) groups excluding carboxylic acids is 1. The van der Waals surface area contributed by atoms with Crippen molar-refractivity contribution in [3.8, 4) is 5.88 Å². The maximum Gasteiger partial charge on any atom is 0.395 e. The van der Waals surface area contributed by atoms with Crippen molar-refractivity contribution in [3.05, 3.63) is 28.9 Å². The summed E-state index contributed by atoms with van der Waals surface area (Å²) in [6.07, 6.45) is -4.00. The number of amides is 2. The molecule has 0 aliphatic carbocycles. The van der Waals surface area contributed by atoms with Gasteiger partial charge in [-0.3, -0.25) is 5.32 Å². The summed E-state index contributed by atoms with van der Waals surface area (Å²) in [6, 6.07) is 2.79. The first kappa shape index (κ1) is 16.9. The number of ether oxygens (including phenoxy) is 1. The number of aromatic nitrogens is 3. The van der Waals surface area contributed by atoms with Gasteiger partial charge >= 0.3 is 12.2 Å². The third-order valence-electron chi connectivity index (χ3n) is 2.52. The summed E-state index contributed by atoms with van der Waals surface area (Å²) >= 11 is 0.666. The normalized spacial score (nSPS) is 11.1. The van der Waals surface area contributed by atoms with Crippen LogP contribution in [0.25, 0.3) is 0 Å². The van der Waals surface area contributed by atoms with Gasteiger partial charge in [0.25, 0.3) is 0 Å². The first-order valence-corrected chi connectivity index (χ1v) is 7.11. The summed E-state index contributed by atoms with van der Waals surface area (Å²) in [5.41, 5.74) is 0.653. The lowest BCUT2D eigenvalue weighted by Gasteiger charge is -2.08. The summed E-state index contributed by atoms with van der Waals surface area (Å²) in [4.78, 5) is 15.7. The van der Waals surface area contributed by atoms with Gasteiger partial charge in [-0.25, -0.2) is 9.78 Å². The Morgan fingerprint density at radius 1 is 1.39 bits per heavy atom. The van der Waals surface area contributed by atoms with Gasteiger partial charge in [0.05, 0.1) is 13.5 Å². The molecule has 124 valence electrons. The van der Waals surface area contributed by atoms with E-state index in [0.29, 0.717) is 22.8 Å². The number of rotatable bonds is 5. The van der Waals surface area contributed by atoms with Crippen molar-refractivity contribution in [3.63, 3.8) is 0 Å². The minimum Gasteiger partial charge on any atom is -0.481 e. The summed E-state index contributed by atoms with van der Waals surface area (Å²) in [5.74, 6) is 0.371. The number of alkyl halides is 3. The molecule has 0 fully saturated rings. The number of halogens is 3. The average molecular weight is 347 g/mol. The zero-order valence-electron chi connectivity index (χ0n) is 11.8. The molecular formula is C12H12F3N5O2S. The second-order valence-corrected chi connectivity index (χ2v) is 5.33. The Bertz CT molecular complexity index is 677. The fraction of sp³-hybridized carbons (Fsp3) is 0.333. The molecule has 0 unspecified atom stereocenters. The topological polar surface area (TPSA) is 89.0 Å². The third-order valence-corrected chi connectivity index (χ3v) is 3.36. The third kappa shape index (κ3) is 5.36. The van der Waals surface area contributed by atoms with Crippen molar-refractivity contribution in [2.24, 2.45) is 0 Å². The molecule has 0 saturated carbocycles. The number of urea groups is 1. The van der Waals surface area contributed by atoms with E-state index < -0.39 is 18.6 Å². The van der Waals surface area contributed by atoms with Crippen molar-refractivity contribution in [1.82, 2.24) is 20.5 Å². The van der Waals surface area contributed by atoms with Crippen molar-refractivity contribution in [2.45, 2.75) is 19.1 Å². The number of hydrogen-bond acceptors (Lipinski definition) is 6. The van der Waals surface area contributed by atoms with Gasteiger partial charge in [-0.1, -0.05) is 17.4 Å². The SMILES string of the molecule is COc1ncccc1CNC(=O)Nc1nnc(CC(F)(F)F)s1. The largest absolute Gasteiger partial charge is 0.481 e. The highest BCUT2D eigenvalue weighted by Crippen LogP contribution is 2.25. The van der Waals surface area contributed by atoms with E-state index in [2.05, 4.69) is 25.8 Å². The highest BCUT2D eigenvalue weighted by molar-refractivity contribution is 7.15. The highest BCUT2D eigenvalue weighted by atomic mass is 32.1. The molecule has 0 spiro atoms. The maximum absolute atomic E-state index is 12.2. The zero-order chi connectivity index (χ0) is 16.9. The summed E-state index contributed by atoms with van der Waals surface area (Å²) in [6.45, 7) is 0.136. The van der Waals surface area contributed by atoms with Crippen molar-refractivity contribution in [2.75, 3.05) is 12.4 Å². The predicted octanol–water partition coefficient (Wildman–Crippen LogP) is 2.37. The average Bonchev–Trinajstić information content (AvgIpc) is 2.90. The van der Waals surface area contributed by atoms with E-state index in [1.165, 1.54) is 7.11 Å². The molecule has 0 saturated heterocycles. The van der Waals surface area contributed by atoms with Gasteiger partial charge in [0.15, 0.2) is 0 Å². The number of carbonyl (C=O) groups is 1. The first-order valence-electron chi connectivity index (χ1n) is 6.29. The molecular weight excluding hydrogens is 335 g/mol. The second-order valence-electron chi connectivity index (χ2n) is 4.27. The molecule has 23 heavy (non-hydrogen) atoms. The van der Waals surface area contributed by atoms with Crippen molar-refractivity contribution < 1.29 is 22.7 Å². The van der Waals surface area contributed by atoms with E-state index in [0.717, 1.165) is 0 Å². The van der Waals surface area contributed by atoms with Crippen LogP contribution in [0.5, 0.6) is 5.88 Å². The van der Waals surface area contributed by atoms with E-state index in [1.54, 1.807) is 18.3 Å². The van der Waals surface area contributed by atoms with Crippen LogP contribution in [0.2, 0.25) is 0 Å². The van der Waals surface area contributed by atoms with Gasteiger partial charge in [-0.05, 0) is 6.07 Å². The lowest BCUT2D eigenvalue weighted by atomic mass is 10.3. The van der Waals surface area contributed by atoms with E-state index in [-0.39, 0.29) is 16.7 Å². The van der Waals surface area contributed by atoms with Crippen LogP contribution in [-0.4, -0.2) is 34.5 Å². The van der Waals surface area contributed by atoms with Crippen molar-refractivity contribution >= 4 is 22.5 Å². The molecule has 2 N–H and O–H groups in total. The zero-order valence-corrected chi connectivity index (χ0v) is 12.7. The summed E-state index contributed by atoms with van der Waals surface area (Å²) in [5, 5.41) is 11.5. The Balaban J connectivity index is 1.88. The minimum absolute atomic E-state index is 0.0140. The number of hydrogen-bond donors (Lipinski definition) is 2. The van der Waals surface area contributed by atoms with Crippen LogP contribution in [0, 0.1) is 0 Å². The molecule has 0 aromatic carbocycles. The Hall–Kier alpha value is -2.43. The quantitative estimate of drug-likeness (QED) is 0.867. The van der Waals surface area contributed by atoms with Crippen molar-refractivity contribution in [1.29, 1.82) is 0 Å². The van der Waals surface area contributed by atoms with E-state index in [1.807, 2.05) is 0 Å². The molecule has 0 radical (unpaired) electrons. The maximum atomic E-state index is 12.2. The van der Waals surface area contributed by atoms with Gasteiger partial charge in [-0.2, -0.15) is 13.2 Å². The van der Waals surface area contributed by atoms with Crippen LogP contribution in [0.15, 0.2) is 18.3 Å². The van der Waals surface area contributed by atoms with Gasteiger partial charge < -0.3 is 10.1 Å². The van der Waals surface area contributed by atoms with Crippen LogP contribution < -0.4 is 15.4 Å². The number of nitrogens with one attached hydrogen (secondary N) is 2. The fourth-order valence-corrected chi connectivity index (χ4v) is 2.37. The molecule has 11 heteroatoms. The Labute approximate surface area is 132 Å². The molecule has 0 atom stereocenters. The number of methoxy groups -OCH3 is 1. The van der Waals surface area contributed by atoms with E-state index in [9.17, 15) is 18.0 Å². The summed E-state index contributed by atoms with van der Waals surface area (Å²) < 4.78 is 41.7. The number of pyridine rings is 1. The Kier molecular flexibility index (Phi) is 5.32. The Morgan fingerprint density at radius 3 is 2.87 bits per heavy atom. The fourth-order valence-electron chi connectivity index (χ4n) is 1.61. The molecule has 2 rings (SSSR count). The smallest absolute Gasteiger partial charge is 0.395 e. The van der Waals surface area contributed by atoms with Crippen LogP contribution in [0.1, 0.15) is 10.6 Å². The molecule has 0 bridgehead atoms. The monoisotopic (exact) mass is 347 g/mol. The molecule has 2 aromatic heterocycles. The van der Waals surface area contributed by atoms with Crippen LogP contribution >= 0.6 is 11.3 Å². The predicted molar refractivity (Wildman–Crippen MR) is 76.3 cm³/mol. The second kappa shape index (κ2) is 7.22. The number of nitrogens with zero attached hydrogens (tertiary/aromatic N) is 3. The standard InChI is InChI=1S/C12H12F3N5O2S/c1-22-9-7(3-2-4-16-9)6-17-10(21)18-11-20-19-8(23-11)5-12(13,14)15/h2-4H,5-6H2,1H3,(H2,17,18,20,21). The van der Waals surface area contributed by atoms with Gasteiger partial charge in [0, 0.05) is 18.3 Å². The van der Waals surface area contributed by atoms with Gasteiger partial charge in [-0.15, -0.1) is 10.2 Å². The Morgan fingerprint density at radius 2 is 2.17 bits per heavy atom. The highest BCUT2D eigenvalue weighted by Gasteiger charge is 2.30. The van der Waals surface area contributed by atoms with Gasteiger partial charge in [0.2, 0.25) is 11.0 Å². The van der Waals surface area contributed by atoms with Gasteiger partial charge in [0.1, 0.15) is 5.01 Å². The molecule has 0 aliphatic rings. The molecule has 2 heterocycles.